The summed E-state index contributed by atoms with van der Waals surface area (Å²) < 4.78 is 7.44. The molecule has 5 nitrogen and oxygen atoms in total. The van der Waals surface area contributed by atoms with Crippen LogP contribution in [-0.2, 0) is 17.6 Å². The van der Waals surface area contributed by atoms with E-state index in [4.69, 9.17) is 4.74 Å². The van der Waals surface area contributed by atoms with Crippen LogP contribution in [0.4, 0.5) is 0 Å². The summed E-state index contributed by atoms with van der Waals surface area (Å²) in [5.74, 6) is 0.788. The monoisotopic (exact) mass is 341 g/mol. The maximum Gasteiger partial charge on any atom is 0.225 e. The molecular formula is C20H27N3O2. The van der Waals surface area contributed by atoms with Crippen molar-refractivity contribution in [1.29, 1.82) is 0 Å². The van der Waals surface area contributed by atoms with Gasteiger partial charge in [-0.3, -0.25) is 9.48 Å². The average Bonchev–Trinajstić information content (AvgIpc) is 3.00. The van der Waals surface area contributed by atoms with Crippen molar-refractivity contribution in [3.8, 4) is 5.75 Å². The van der Waals surface area contributed by atoms with Crippen molar-refractivity contribution < 1.29 is 9.53 Å². The van der Waals surface area contributed by atoms with Gasteiger partial charge in [0, 0.05) is 11.6 Å². The lowest BCUT2D eigenvalue weighted by atomic mass is 9.93. The highest BCUT2D eigenvalue weighted by atomic mass is 16.5. The zero-order chi connectivity index (χ0) is 18.0. The van der Waals surface area contributed by atoms with Crippen LogP contribution in [0.1, 0.15) is 61.2 Å². The van der Waals surface area contributed by atoms with E-state index < -0.39 is 0 Å². The molecule has 0 radical (unpaired) electrons. The predicted octanol–water partition coefficient (Wildman–Crippen LogP) is 3.52. The highest BCUT2D eigenvalue weighted by molar-refractivity contribution is 5.80. The van der Waals surface area contributed by atoms with Crippen molar-refractivity contribution in [3.63, 3.8) is 0 Å². The lowest BCUT2D eigenvalue weighted by Crippen LogP contribution is -2.33. The van der Waals surface area contributed by atoms with E-state index in [2.05, 4.69) is 24.3 Å². The van der Waals surface area contributed by atoms with E-state index in [9.17, 15) is 4.79 Å². The van der Waals surface area contributed by atoms with E-state index in [0.29, 0.717) is 6.42 Å². The van der Waals surface area contributed by atoms with Crippen molar-refractivity contribution in [2.75, 3.05) is 7.11 Å². The number of nitrogens with one attached hydrogen (secondary N) is 1. The van der Waals surface area contributed by atoms with Crippen molar-refractivity contribution in [1.82, 2.24) is 15.1 Å². The lowest BCUT2D eigenvalue weighted by molar-refractivity contribution is -0.121. The highest BCUT2D eigenvalue weighted by Gasteiger charge is 2.27. The number of methoxy groups -OCH3 is 1. The molecule has 3 rings (SSSR count). The Kier molecular flexibility index (Phi) is 5.11. The molecule has 0 fully saturated rings. The fraction of sp³-hybridized carbons (Fsp3) is 0.500. The number of aromatic nitrogens is 2. The fourth-order valence-electron chi connectivity index (χ4n) is 3.63. The second-order valence-electron chi connectivity index (χ2n) is 7.10. The maximum atomic E-state index is 12.7. The number of hydrogen-bond donors (Lipinski definition) is 1. The van der Waals surface area contributed by atoms with Gasteiger partial charge in [0.25, 0.3) is 0 Å². The molecule has 0 bridgehead atoms. The minimum absolute atomic E-state index is 0.0262. The van der Waals surface area contributed by atoms with E-state index >= 15 is 0 Å². The number of nitrogens with zero attached hydrogens (tertiary/aromatic N) is 2. The first-order chi connectivity index (χ1) is 12.0. The van der Waals surface area contributed by atoms with Gasteiger partial charge in [0.15, 0.2) is 0 Å². The predicted molar refractivity (Wildman–Crippen MR) is 97.9 cm³/mol. The Morgan fingerprint density at radius 2 is 2.24 bits per heavy atom. The van der Waals surface area contributed by atoms with Gasteiger partial charge >= 0.3 is 0 Å². The molecular weight excluding hydrogens is 314 g/mol. The van der Waals surface area contributed by atoms with Crippen LogP contribution in [0.5, 0.6) is 5.75 Å². The van der Waals surface area contributed by atoms with Gasteiger partial charge in [0.05, 0.1) is 31.5 Å². The van der Waals surface area contributed by atoms with Gasteiger partial charge in [0.2, 0.25) is 5.91 Å². The Hall–Kier alpha value is -2.30. The van der Waals surface area contributed by atoms with Crippen molar-refractivity contribution in [2.45, 2.75) is 58.5 Å². The van der Waals surface area contributed by atoms with Crippen LogP contribution in [0.2, 0.25) is 0 Å². The smallest absolute Gasteiger partial charge is 0.225 e. The molecule has 1 aliphatic carbocycles. The standard InChI is InChI=1S/C20H27N3O2/c1-13(2)23-20-15(12-21-23)6-5-7-17(20)22-19(24)11-16-10-14(3)8-9-18(16)25-4/h8-10,12-13,17H,5-7,11H2,1-4H3,(H,22,24). The maximum absolute atomic E-state index is 12.7. The summed E-state index contributed by atoms with van der Waals surface area (Å²) >= 11 is 0. The quantitative estimate of drug-likeness (QED) is 0.905. The first-order valence-electron chi connectivity index (χ1n) is 8.98. The Morgan fingerprint density at radius 1 is 1.44 bits per heavy atom. The molecule has 25 heavy (non-hydrogen) atoms. The first kappa shape index (κ1) is 17.5. The molecule has 1 N–H and O–H groups in total. The molecule has 1 aromatic carbocycles. The molecule has 1 aliphatic rings. The summed E-state index contributed by atoms with van der Waals surface area (Å²) in [6.07, 6.45) is 5.36. The first-order valence-corrected chi connectivity index (χ1v) is 8.98. The number of amides is 1. The van der Waals surface area contributed by atoms with Crippen LogP contribution in [0, 0.1) is 6.92 Å². The number of fused-ring (bicyclic) bond motifs is 1. The van der Waals surface area contributed by atoms with Crippen molar-refractivity contribution >= 4 is 5.91 Å². The van der Waals surface area contributed by atoms with Crippen LogP contribution in [-0.4, -0.2) is 22.8 Å². The second-order valence-corrected chi connectivity index (χ2v) is 7.10. The zero-order valence-electron chi connectivity index (χ0n) is 15.5. The molecule has 2 aromatic rings. The number of aryl methyl sites for hydroxylation is 2. The Balaban J connectivity index is 1.77. The largest absolute Gasteiger partial charge is 0.496 e. The minimum Gasteiger partial charge on any atom is -0.496 e. The Labute approximate surface area is 149 Å². The summed E-state index contributed by atoms with van der Waals surface area (Å²) in [7, 11) is 1.64. The topological polar surface area (TPSA) is 56.1 Å². The third-order valence-electron chi connectivity index (χ3n) is 4.79. The third kappa shape index (κ3) is 3.70. The van der Waals surface area contributed by atoms with Gasteiger partial charge in [-0.25, -0.2) is 0 Å². The van der Waals surface area contributed by atoms with Crippen molar-refractivity contribution in [2.24, 2.45) is 0 Å². The molecule has 1 heterocycles. The molecule has 1 aromatic heterocycles. The third-order valence-corrected chi connectivity index (χ3v) is 4.79. The van der Waals surface area contributed by atoms with Crippen LogP contribution in [0.3, 0.4) is 0 Å². The molecule has 134 valence electrons. The number of benzene rings is 1. The van der Waals surface area contributed by atoms with Gasteiger partial charge < -0.3 is 10.1 Å². The molecule has 0 saturated heterocycles. The van der Waals surface area contributed by atoms with Gasteiger partial charge in [-0.15, -0.1) is 0 Å². The lowest BCUT2D eigenvalue weighted by Gasteiger charge is -2.26. The second kappa shape index (κ2) is 7.30. The van der Waals surface area contributed by atoms with Crippen LogP contribution in [0.25, 0.3) is 0 Å². The van der Waals surface area contributed by atoms with Crippen molar-refractivity contribution in [3.05, 3.63) is 46.8 Å². The average molecular weight is 341 g/mol. The molecule has 0 spiro atoms. The number of hydrogen-bond acceptors (Lipinski definition) is 3. The summed E-state index contributed by atoms with van der Waals surface area (Å²) in [5.41, 5.74) is 4.49. The van der Waals surface area contributed by atoms with Gasteiger partial charge in [-0.1, -0.05) is 17.7 Å². The number of carbonyl (C=O) groups excluding carboxylic acids is 1. The molecule has 1 amide bonds. The van der Waals surface area contributed by atoms with E-state index in [1.807, 2.05) is 36.0 Å². The molecule has 0 aliphatic heterocycles. The fourth-order valence-corrected chi connectivity index (χ4v) is 3.63. The van der Waals surface area contributed by atoms with E-state index in [1.54, 1.807) is 7.11 Å². The summed E-state index contributed by atoms with van der Waals surface area (Å²) in [4.78, 5) is 12.7. The molecule has 5 heteroatoms. The molecule has 0 saturated carbocycles. The normalized spacial score (nSPS) is 16.6. The molecule has 1 unspecified atom stereocenters. The summed E-state index contributed by atoms with van der Waals surface area (Å²) in [6.45, 7) is 6.27. The number of carbonyl (C=O) groups is 1. The van der Waals surface area contributed by atoms with Crippen LogP contribution >= 0.6 is 0 Å². The minimum atomic E-state index is 0.0262. The summed E-state index contributed by atoms with van der Waals surface area (Å²) in [5, 5.41) is 7.74. The Bertz CT molecular complexity index is 764. The van der Waals surface area contributed by atoms with Crippen LogP contribution < -0.4 is 10.1 Å². The SMILES string of the molecule is COc1ccc(C)cc1CC(=O)NC1CCCc2cnn(C(C)C)c21. The number of ether oxygens (including phenoxy) is 1. The molecule has 1 atom stereocenters. The number of rotatable bonds is 5. The van der Waals surface area contributed by atoms with E-state index in [0.717, 1.165) is 36.1 Å². The van der Waals surface area contributed by atoms with E-state index in [1.165, 1.54) is 11.3 Å². The van der Waals surface area contributed by atoms with Gasteiger partial charge in [0.1, 0.15) is 5.75 Å². The van der Waals surface area contributed by atoms with Crippen LogP contribution in [0.15, 0.2) is 24.4 Å². The Morgan fingerprint density at radius 3 is 2.96 bits per heavy atom. The summed E-state index contributed by atoms with van der Waals surface area (Å²) in [6, 6.07) is 6.26. The van der Waals surface area contributed by atoms with Gasteiger partial charge in [-0.05, 0) is 51.7 Å². The highest BCUT2D eigenvalue weighted by Crippen LogP contribution is 2.31. The zero-order valence-corrected chi connectivity index (χ0v) is 15.5. The van der Waals surface area contributed by atoms with E-state index in [-0.39, 0.29) is 18.0 Å². The van der Waals surface area contributed by atoms with Gasteiger partial charge in [-0.2, -0.15) is 5.10 Å².